The van der Waals surface area contributed by atoms with Crippen LogP contribution in [0.15, 0.2) is 72.8 Å². The first-order valence-electron chi connectivity index (χ1n) is 12.7. The van der Waals surface area contributed by atoms with Crippen molar-refractivity contribution in [1.29, 1.82) is 0 Å². The molecule has 0 spiro atoms. The van der Waals surface area contributed by atoms with Crippen molar-refractivity contribution in [2.24, 2.45) is 0 Å². The van der Waals surface area contributed by atoms with E-state index in [1.165, 1.54) is 5.56 Å². The molecule has 0 aromatic heterocycles. The van der Waals surface area contributed by atoms with Gasteiger partial charge in [0.05, 0.1) is 10.0 Å². The van der Waals surface area contributed by atoms with Crippen LogP contribution in [-0.4, -0.2) is 28.3 Å². The number of nitrogens with zero attached hydrogens (tertiary/aromatic N) is 1. The van der Waals surface area contributed by atoms with Gasteiger partial charge < -0.3 is 10.2 Å². The largest absolute Gasteiger partial charge is 0.350 e. The van der Waals surface area contributed by atoms with Gasteiger partial charge in [0.15, 0.2) is 0 Å². The minimum Gasteiger partial charge on any atom is -0.350 e. The highest BCUT2D eigenvalue weighted by molar-refractivity contribution is 6.42. The van der Waals surface area contributed by atoms with E-state index in [4.69, 9.17) is 23.2 Å². The Kier molecular flexibility index (Phi) is 10.2. The standard InChI is InChI=1S/C31H36Cl2N2O2/c1-5-22-11-13-23(14-12-22)16-18-29(36)35(21-25-15-17-26(32)27(33)19-25)28(30(37)34-31(2,3)4)20-24-9-7-6-8-10-24/h6-15,17,19,28H,5,16,18,20-21H2,1-4H3,(H,34,37)/t28-/m1/s1. The average molecular weight is 540 g/mol. The van der Waals surface area contributed by atoms with Gasteiger partial charge in [0, 0.05) is 24.9 Å². The van der Waals surface area contributed by atoms with Gasteiger partial charge in [-0.3, -0.25) is 9.59 Å². The topological polar surface area (TPSA) is 49.4 Å². The second-order valence-electron chi connectivity index (χ2n) is 10.4. The Morgan fingerprint density at radius 3 is 2.05 bits per heavy atom. The lowest BCUT2D eigenvalue weighted by atomic mass is 9.99. The summed E-state index contributed by atoms with van der Waals surface area (Å²) in [5.41, 5.74) is 3.72. The zero-order valence-corrected chi connectivity index (χ0v) is 23.6. The normalized spacial score (nSPS) is 12.2. The van der Waals surface area contributed by atoms with Crippen molar-refractivity contribution in [3.05, 3.63) is 105 Å². The number of carbonyl (C=O) groups excluding carboxylic acids is 2. The molecule has 2 amide bonds. The van der Waals surface area contributed by atoms with Crippen LogP contribution < -0.4 is 5.32 Å². The molecule has 0 heterocycles. The second kappa shape index (κ2) is 13.1. The molecule has 37 heavy (non-hydrogen) atoms. The summed E-state index contributed by atoms with van der Waals surface area (Å²) in [6, 6.07) is 22.8. The number of hydrogen-bond donors (Lipinski definition) is 1. The summed E-state index contributed by atoms with van der Waals surface area (Å²) in [7, 11) is 0. The van der Waals surface area contributed by atoms with E-state index in [0.717, 1.165) is 23.1 Å². The molecule has 1 N–H and O–H groups in total. The van der Waals surface area contributed by atoms with Crippen LogP contribution in [0.1, 0.15) is 56.4 Å². The van der Waals surface area contributed by atoms with Crippen molar-refractivity contribution in [3.63, 3.8) is 0 Å². The molecule has 0 fully saturated rings. The van der Waals surface area contributed by atoms with Gasteiger partial charge in [-0.1, -0.05) is 90.8 Å². The Labute approximate surface area is 231 Å². The van der Waals surface area contributed by atoms with E-state index in [-0.39, 0.29) is 18.4 Å². The molecule has 196 valence electrons. The predicted octanol–water partition coefficient (Wildman–Crippen LogP) is 7.04. The van der Waals surface area contributed by atoms with E-state index in [1.54, 1.807) is 17.0 Å². The molecular formula is C31H36Cl2N2O2. The Morgan fingerprint density at radius 1 is 0.838 bits per heavy atom. The lowest BCUT2D eigenvalue weighted by Gasteiger charge is -2.34. The van der Waals surface area contributed by atoms with Gasteiger partial charge >= 0.3 is 0 Å². The highest BCUT2D eigenvalue weighted by Gasteiger charge is 2.32. The lowest BCUT2D eigenvalue weighted by molar-refractivity contribution is -0.141. The minimum atomic E-state index is -0.689. The van der Waals surface area contributed by atoms with Crippen LogP contribution in [0, 0.1) is 0 Å². The molecular weight excluding hydrogens is 503 g/mol. The smallest absolute Gasteiger partial charge is 0.243 e. The van der Waals surface area contributed by atoms with Crippen molar-refractivity contribution in [2.45, 2.75) is 71.5 Å². The summed E-state index contributed by atoms with van der Waals surface area (Å²) in [4.78, 5) is 29.1. The molecule has 0 saturated heterocycles. The molecule has 3 aromatic carbocycles. The van der Waals surface area contributed by atoms with Crippen LogP contribution in [0.5, 0.6) is 0 Å². The van der Waals surface area contributed by atoms with E-state index in [2.05, 4.69) is 36.5 Å². The number of halogens is 2. The van der Waals surface area contributed by atoms with E-state index in [1.807, 2.05) is 57.2 Å². The maximum absolute atomic E-state index is 13.8. The molecule has 0 aliphatic heterocycles. The molecule has 0 radical (unpaired) electrons. The maximum atomic E-state index is 13.8. The van der Waals surface area contributed by atoms with Gasteiger partial charge in [0.25, 0.3) is 0 Å². The van der Waals surface area contributed by atoms with E-state index in [9.17, 15) is 9.59 Å². The van der Waals surface area contributed by atoms with E-state index in [0.29, 0.717) is 29.3 Å². The average Bonchev–Trinajstić information content (AvgIpc) is 2.86. The van der Waals surface area contributed by atoms with Gasteiger partial charge in [-0.2, -0.15) is 0 Å². The predicted molar refractivity (Wildman–Crippen MR) is 153 cm³/mol. The number of amides is 2. The Bertz CT molecular complexity index is 1190. The molecule has 3 rings (SSSR count). The Morgan fingerprint density at radius 2 is 1.46 bits per heavy atom. The Balaban J connectivity index is 1.93. The maximum Gasteiger partial charge on any atom is 0.243 e. The second-order valence-corrected chi connectivity index (χ2v) is 11.2. The number of nitrogens with one attached hydrogen (secondary N) is 1. The molecule has 6 heteroatoms. The SMILES string of the molecule is CCc1ccc(CCC(=O)N(Cc2ccc(Cl)c(Cl)c2)[C@H](Cc2ccccc2)C(=O)NC(C)(C)C)cc1. The van der Waals surface area contributed by atoms with Gasteiger partial charge in [-0.25, -0.2) is 0 Å². The fourth-order valence-corrected chi connectivity index (χ4v) is 4.50. The minimum absolute atomic E-state index is 0.0874. The van der Waals surface area contributed by atoms with Crippen molar-refractivity contribution < 1.29 is 9.59 Å². The fraction of sp³-hybridized carbons (Fsp3) is 0.355. The fourth-order valence-electron chi connectivity index (χ4n) is 4.18. The third-order valence-corrected chi connectivity index (χ3v) is 6.90. The first-order valence-corrected chi connectivity index (χ1v) is 13.5. The van der Waals surface area contributed by atoms with Crippen LogP contribution in [0.3, 0.4) is 0 Å². The molecule has 0 aliphatic carbocycles. The van der Waals surface area contributed by atoms with Crippen LogP contribution in [0.2, 0.25) is 10.0 Å². The van der Waals surface area contributed by atoms with Crippen LogP contribution in [0.25, 0.3) is 0 Å². The summed E-state index contributed by atoms with van der Waals surface area (Å²) >= 11 is 12.4. The zero-order valence-electron chi connectivity index (χ0n) is 22.1. The summed E-state index contributed by atoms with van der Waals surface area (Å²) < 4.78 is 0. The third-order valence-electron chi connectivity index (χ3n) is 6.16. The first-order chi connectivity index (χ1) is 17.6. The third kappa shape index (κ3) is 8.91. The van der Waals surface area contributed by atoms with Crippen LogP contribution in [0.4, 0.5) is 0 Å². The van der Waals surface area contributed by atoms with Crippen molar-refractivity contribution in [2.75, 3.05) is 0 Å². The zero-order chi connectivity index (χ0) is 27.0. The van der Waals surface area contributed by atoms with Gasteiger partial charge in [-0.05, 0) is 68.0 Å². The quantitative estimate of drug-likeness (QED) is 0.300. The van der Waals surface area contributed by atoms with Crippen LogP contribution in [-0.2, 0) is 35.4 Å². The molecule has 3 aromatic rings. The summed E-state index contributed by atoms with van der Waals surface area (Å²) in [5, 5.41) is 3.95. The van der Waals surface area contributed by atoms with Crippen molar-refractivity contribution in [3.8, 4) is 0 Å². The molecule has 0 saturated carbocycles. The number of carbonyl (C=O) groups is 2. The van der Waals surface area contributed by atoms with Crippen LogP contribution >= 0.6 is 23.2 Å². The highest BCUT2D eigenvalue weighted by atomic mass is 35.5. The monoisotopic (exact) mass is 538 g/mol. The Hall–Kier alpha value is -2.82. The highest BCUT2D eigenvalue weighted by Crippen LogP contribution is 2.25. The van der Waals surface area contributed by atoms with Crippen molar-refractivity contribution in [1.82, 2.24) is 10.2 Å². The first kappa shape index (κ1) is 28.7. The lowest BCUT2D eigenvalue weighted by Crippen LogP contribution is -2.54. The number of aryl methyl sites for hydroxylation is 2. The van der Waals surface area contributed by atoms with E-state index < -0.39 is 11.6 Å². The molecule has 0 aliphatic rings. The number of rotatable bonds is 10. The van der Waals surface area contributed by atoms with Gasteiger partial charge in [0.2, 0.25) is 11.8 Å². The number of hydrogen-bond acceptors (Lipinski definition) is 2. The summed E-state index contributed by atoms with van der Waals surface area (Å²) in [5.74, 6) is -0.271. The summed E-state index contributed by atoms with van der Waals surface area (Å²) in [6.07, 6.45) is 2.27. The van der Waals surface area contributed by atoms with Gasteiger partial charge in [0.1, 0.15) is 6.04 Å². The van der Waals surface area contributed by atoms with Gasteiger partial charge in [-0.15, -0.1) is 0 Å². The molecule has 0 unspecified atom stereocenters. The molecule has 0 bridgehead atoms. The van der Waals surface area contributed by atoms with Crippen molar-refractivity contribution >= 4 is 35.0 Å². The van der Waals surface area contributed by atoms with E-state index >= 15 is 0 Å². The molecule has 1 atom stereocenters. The molecule has 4 nitrogen and oxygen atoms in total. The number of benzene rings is 3. The summed E-state index contributed by atoms with van der Waals surface area (Å²) in [6.45, 7) is 8.19.